The van der Waals surface area contributed by atoms with Crippen LogP contribution < -0.4 is 0 Å². The highest BCUT2D eigenvalue weighted by Gasteiger charge is 2.01. The highest BCUT2D eigenvalue weighted by atomic mass is 15.0. The third kappa shape index (κ3) is 1.17. The standard InChI is InChI=1S/C12H13N/c1-4-13-10(3)8-11-6-5-9(2)7-12(11)13/h4-8H,1H2,2-3H3. The minimum atomic E-state index is 1.23. The van der Waals surface area contributed by atoms with Gasteiger partial charge < -0.3 is 4.57 Å². The van der Waals surface area contributed by atoms with E-state index in [0.29, 0.717) is 0 Å². The summed E-state index contributed by atoms with van der Waals surface area (Å²) in [5, 5.41) is 1.28. The van der Waals surface area contributed by atoms with Crippen LogP contribution in [0.5, 0.6) is 0 Å². The molecule has 1 aromatic carbocycles. The van der Waals surface area contributed by atoms with Crippen LogP contribution in [0.15, 0.2) is 30.8 Å². The SMILES string of the molecule is C=Cn1c(C)cc2ccc(C)cc21. The fourth-order valence-corrected chi connectivity index (χ4v) is 1.71. The van der Waals surface area contributed by atoms with Gasteiger partial charge in [0.15, 0.2) is 0 Å². The maximum atomic E-state index is 3.81. The van der Waals surface area contributed by atoms with Gasteiger partial charge in [-0.15, -0.1) is 0 Å². The van der Waals surface area contributed by atoms with Crippen molar-refractivity contribution in [3.05, 3.63) is 42.1 Å². The number of fused-ring (bicyclic) bond motifs is 1. The van der Waals surface area contributed by atoms with Gasteiger partial charge in [-0.3, -0.25) is 0 Å². The number of hydrogen-bond acceptors (Lipinski definition) is 0. The number of rotatable bonds is 1. The van der Waals surface area contributed by atoms with E-state index < -0.39 is 0 Å². The first kappa shape index (κ1) is 8.11. The van der Waals surface area contributed by atoms with E-state index in [2.05, 4.69) is 49.3 Å². The van der Waals surface area contributed by atoms with Gasteiger partial charge in [-0.1, -0.05) is 18.7 Å². The summed E-state index contributed by atoms with van der Waals surface area (Å²) in [4.78, 5) is 0. The van der Waals surface area contributed by atoms with E-state index in [0.717, 1.165) is 0 Å². The number of hydrogen-bond donors (Lipinski definition) is 0. The zero-order chi connectivity index (χ0) is 9.42. The van der Waals surface area contributed by atoms with Crippen molar-refractivity contribution in [2.75, 3.05) is 0 Å². The zero-order valence-corrected chi connectivity index (χ0v) is 8.04. The van der Waals surface area contributed by atoms with Crippen LogP contribution in [-0.2, 0) is 0 Å². The van der Waals surface area contributed by atoms with Crippen molar-refractivity contribution in [2.45, 2.75) is 13.8 Å². The Labute approximate surface area is 78.3 Å². The molecule has 2 aromatic rings. The van der Waals surface area contributed by atoms with Crippen molar-refractivity contribution in [3.8, 4) is 0 Å². The first-order valence-electron chi connectivity index (χ1n) is 4.43. The smallest absolute Gasteiger partial charge is 0.0527 e. The molecular weight excluding hydrogens is 158 g/mol. The molecule has 1 heterocycles. The largest absolute Gasteiger partial charge is 0.321 e. The molecule has 0 aliphatic rings. The molecule has 0 aliphatic heterocycles. The summed E-state index contributed by atoms with van der Waals surface area (Å²) in [7, 11) is 0. The van der Waals surface area contributed by atoms with Gasteiger partial charge in [-0.05, 0) is 31.5 Å². The van der Waals surface area contributed by atoms with Crippen LogP contribution in [-0.4, -0.2) is 4.57 Å². The summed E-state index contributed by atoms with van der Waals surface area (Å²) in [6, 6.07) is 8.65. The molecule has 0 unspecified atom stereocenters. The normalized spacial score (nSPS) is 10.6. The molecule has 0 spiro atoms. The van der Waals surface area contributed by atoms with Gasteiger partial charge in [-0.25, -0.2) is 0 Å². The third-order valence-electron chi connectivity index (χ3n) is 2.37. The molecule has 0 fully saturated rings. The highest BCUT2D eigenvalue weighted by molar-refractivity contribution is 5.83. The van der Waals surface area contributed by atoms with Crippen LogP contribution in [0.2, 0.25) is 0 Å². The van der Waals surface area contributed by atoms with Crippen LogP contribution in [0.1, 0.15) is 11.3 Å². The van der Waals surface area contributed by atoms with Gasteiger partial charge in [0, 0.05) is 17.3 Å². The lowest BCUT2D eigenvalue weighted by Gasteiger charge is -2.00. The molecule has 2 rings (SSSR count). The predicted molar refractivity (Wildman–Crippen MR) is 57.8 cm³/mol. The molecule has 1 heteroatoms. The molecule has 0 atom stereocenters. The summed E-state index contributed by atoms with van der Waals surface area (Å²) in [5.74, 6) is 0. The van der Waals surface area contributed by atoms with Crippen LogP contribution in [0.25, 0.3) is 17.1 Å². The lowest BCUT2D eigenvalue weighted by atomic mass is 10.2. The second kappa shape index (κ2) is 2.77. The first-order chi connectivity index (χ1) is 6.22. The first-order valence-corrected chi connectivity index (χ1v) is 4.43. The summed E-state index contributed by atoms with van der Waals surface area (Å²) < 4.78 is 2.11. The predicted octanol–water partition coefficient (Wildman–Crippen LogP) is 3.36. The van der Waals surface area contributed by atoms with Crippen molar-refractivity contribution in [2.24, 2.45) is 0 Å². The molecule has 1 nitrogen and oxygen atoms in total. The van der Waals surface area contributed by atoms with Crippen LogP contribution in [0, 0.1) is 13.8 Å². The number of nitrogens with zero attached hydrogens (tertiary/aromatic N) is 1. The van der Waals surface area contributed by atoms with Crippen molar-refractivity contribution >= 4 is 17.1 Å². The van der Waals surface area contributed by atoms with E-state index in [4.69, 9.17) is 0 Å². The van der Waals surface area contributed by atoms with E-state index >= 15 is 0 Å². The quantitative estimate of drug-likeness (QED) is 0.620. The minimum Gasteiger partial charge on any atom is -0.321 e. The Balaban J connectivity index is 2.88. The van der Waals surface area contributed by atoms with Gasteiger partial charge in [0.05, 0.1) is 5.52 Å². The molecule has 0 radical (unpaired) electrons. The molecule has 13 heavy (non-hydrogen) atoms. The van der Waals surface area contributed by atoms with Gasteiger partial charge >= 0.3 is 0 Å². The van der Waals surface area contributed by atoms with Crippen molar-refractivity contribution in [1.29, 1.82) is 0 Å². The van der Waals surface area contributed by atoms with Crippen molar-refractivity contribution in [3.63, 3.8) is 0 Å². The topological polar surface area (TPSA) is 4.93 Å². The van der Waals surface area contributed by atoms with Gasteiger partial charge in [0.1, 0.15) is 0 Å². The summed E-state index contributed by atoms with van der Waals surface area (Å²) in [6.45, 7) is 8.01. The maximum Gasteiger partial charge on any atom is 0.0527 e. The Morgan fingerprint density at radius 3 is 2.69 bits per heavy atom. The van der Waals surface area contributed by atoms with E-state index in [1.54, 1.807) is 0 Å². The molecule has 1 aromatic heterocycles. The Morgan fingerprint density at radius 1 is 1.23 bits per heavy atom. The Bertz CT molecular complexity index is 463. The molecular formula is C12H13N. The van der Waals surface area contributed by atoms with E-state index in [1.807, 2.05) is 6.20 Å². The van der Waals surface area contributed by atoms with Crippen LogP contribution >= 0.6 is 0 Å². The maximum absolute atomic E-state index is 3.81. The second-order valence-corrected chi connectivity index (χ2v) is 3.40. The third-order valence-corrected chi connectivity index (χ3v) is 2.37. The average Bonchev–Trinajstić information content (AvgIpc) is 2.40. The van der Waals surface area contributed by atoms with E-state index in [1.165, 1.54) is 22.2 Å². The summed E-state index contributed by atoms with van der Waals surface area (Å²) in [5.41, 5.74) is 3.76. The molecule has 0 N–H and O–H groups in total. The zero-order valence-electron chi connectivity index (χ0n) is 8.04. The lowest BCUT2D eigenvalue weighted by Crippen LogP contribution is -1.87. The van der Waals surface area contributed by atoms with Crippen molar-refractivity contribution in [1.82, 2.24) is 4.57 Å². The molecule has 0 bridgehead atoms. The Morgan fingerprint density at radius 2 is 2.00 bits per heavy atom. The fourth-order valence-electron chi connectivity index (χ4n) is 1.71. The Kier molecular flexibility index (Phi) is 1.73. The second-order valence-electron chi connectivity index (χ2n) is 3.40. The van der Waals surface area contributed by atoms with Crippen molar-refractivity contribution < 1.29 is 0 Å². The minimum absolute atomic E-state index is 1.23. The summed E-state index contributed by atoms with van der Waals surface area (Å²) in [6.07, 6.45) is 1.86. The lowest BCUT2D eigenvalue weighted by molar-refractivity contribution is 1.13. The van der Waals surface area contributed by atoms with E-state index in [9.17, 15) is 0 Å². The van der Waals surface area contributed by atoms with Crippen LogP contribution in [0.3, 0.4) is 0 Å². The molecule has 0 amide bonds. The van der Waals surface area contributed by atoms with Gasteiger partial charge in [0.2, 0.25) is 0 Å². The molecule has 0 saturated heterocycles. The number of benzene rings is 1. The Hall–Kier alpha value is -1.50. The number of aromatic nitrogens is 1. The van der Waals surface area contributed by atoms with Gasteiger partial charge in [-0.2, -0.15) is 0 Å². The highest BCUT2D eigenvalue weighted by Crippen LogP contribution is 2.20. The molecule has 0 aliphatic carbocycles. The monoisotopic (exact) mass is 171 g/mol. The fraction of sp³-hybridized carbons (Fsp3) is 0.167. The van der Waals surface area contributed by atoms with Gasteiger partial charge in [0.25, 0.3) is 0 Å². The molecule has 0 saturated carbocycles. The van der Waals surface area contributed by atoms with E-state index in [-0.39, 0.29) is 0 Å². The molecule has 66 valence electrons. The van der Waals surface area contributed by atoms with Crippen LogP contribution in [0.4, 0.5) is 0 Å². The summed E-state index contributed by atoms with van der Waals surface area (Å²) >= 11 is 0. The average molecular weight is 171 g/mol. The number of aryl methyl sites for hydroxylation is 2.